The summed E-state index contributed by atoms with van der Waals surface area (Å²) in [6.07, 6.45) is -1.42. The number of halogens is 3. The van der Waals surface area contributed by atoms with E-state index in [2.05, 4.69) is 11.3 Å². The number of benzene rings is 1. The number of carboxylic acids is 1. The Morgan fingerprint density at radius 1 is 1.18 bits per heavy atom. The molecule has 0 heterocycles. The van der Waals surface area contributed by atoms with Crippen molar-refractivity contribution in [3.8, 4) is 0 Å². The molecule has 2 N–H and O–H groups in total. The van der Waals surface area contributed by atoms with Crippen molar-refractivity contribution in [3.63, 3.8) is 0 Å². The third kappa shape index (κ3) is 10.9. The predicted molar refractivity (Wildman–Crippen MR) is 76.4 cm³/mol. The van der Waals surface area contributed by atoms with E-state index in [0.29, 0.717) is 24.8 Å². The van der Waals surface area contributed by atoms with Gasteiger partial charge in [-0.2, -0.15) is 0 Å². The molecule has 0 aliphatic carbocycles. The molecule has 1 rings (SSSR count). The second-order valence-corrected chi connectivity index (χ2v) is 4.21. The van der Waals surface area contributed by atoms with Gasteiger partial charge in [0.2, 0.25) is 0 Å². The van der Waals surface area contributed by atoms with Crippen molar-refractivity contribution in [1.82, 2.24) is 0 Å². The lowest BCUT2D eigenvalue weighted by Gasteiger charge is -2.05. The fourth-order valence-electron chi connectivity index (χ4n) is 1.34. The summed E-state index contributed by atoms with van der Waals surface area (Å²) >= 11 is 0. The van der Waals surface area contributed by atoms with Crippen molar-refractivity contribution in [1.29, 1.82) is 0 Å². The van der Waals surface area contributed by atoms with Crippen molar-refractivity contribution >= 4 is 12.0 Å². The van der Waals surface area contributed by atoms with Crippen LogP contribution in [0.2, 0.25) is 0 Å². The molecule has 0 saturated carbocycles. The second kappa shape index (κ2) is 10.8. The normalized spacial score (nSPS) is 10.5. The van der Waals surface area contributed by atoms with Crippen LogP contribution >= 0.6 is 0 Å². The summed E-state index contributed by atoms with van der Waals surface area (Å²) in [5.74, 6) is -0.902. The molecule has 1 aromatic carbocycles. The van der Waals surface area contributed by atoms with Crippen LogP contribution in [0.25, 0.3) is 6.08 Å². The highest BCUT2D eigenvalue weighted by Crippen LogP contribution is 2.16. The number of aromatic carboxylic acids is 1. The summed E-state index contributed by atoms with van der Waals surface area (Å²) in [6.45, 7) is 3.26. The summed E-state index contributed by atoms with van der Waals surface area (Å²) < 4.78 is 37.4. The lowest BCUT2D eigenvalue weighted by atomic mass is 10.1. The monoisotopic (exact) mass is 320 g/mol. The van der Waals surface area contributed by atoms with Gasteiger partial charge in [-0.15, -0.1) is 13.2 Å². The van der Waals surface area contributed by atoms with Crippen LogP contribution in [0.4, 0.5) is 13.2 Å². The molecule has 0 bridgehead atoms. The number of alkyl halides is 3. The number of aliphatic hydroxyl groups excluding tert-OH is 1. The van der Waals surface area contributed by atoms with Crippen LogP contribution in [0, 0.1) is 0 Å². The Labute approximate surface area is 126 Å². The highest BCUT2D eigenvalue weighted by molar-refractivity contribution is 5.87. The van der Waals surface area contributed by atoms with E-state index in [0.717, 1.165) is 5.56 Å². The average Bonchev–Trinajstić information content (AvgIpc) is 2.46. The van der Waals surface area contributed by atoms with Crippen molar-refractivity contribution in [2.45, 2.75) is 25.6 Å². The molecular weight excluding hydrogens is 301 g/mol. The Kier molecular flexibility index (Phi) is 9.89. The van der Waals surface area contributed by atoms with Gasteiger partial charge < -0.3 is 10.2 Å². The third-order valence-electron chi connectivity index (χ3n) is 2.46. The summed E-state index contributed by atoms with van der Waals surface area (Å²) in [5.41, 5.74) is 1.23. The standard InChI is InChI=1S/C9H8O2.C6H11F3O2/c1-2-7-3-5-8(6-4-7)9(10)11;7-6(8,9)11-5-3-1-2-4-10/h2-6H,1H2,(H,10,11);10H,1-5H2. The third-order valence-corrected chi connectivity index (χ3v) is 2.46. The fraction of sp³-hybridized carbons (Fsp3) is 0.400. The minimum atomic E-state index is -4.51. The molecule has 7 heteroatoms. The van der Waals surface area contributed by atoms with Gasteiger partial charge in [-0.05, 0) is 37.0 Å². The number of carbonyl (C=O) groups is 1. The molecule has 0 radical (unpaired) electrons. The first-order valence-electron chi connectivity index (χ1n) is 6.57. The molecule has 1 aromatic rings. The first-order valence-corrected chi connectivity index (χ1v) is 6.57. The largest absolute Gasteiger partial charge is 0.522 e. The topological polar surface area (TPSA) is 66.8 Å². The van der Waals surface area contributed by atoms with Crippen molar-refractivity contribution in [2.75, 3.05) is 13.2 Å². The number of aliphatic hydroxyl groups is 1. The number of rotatable bonds is 7. The number of hydrogen-bond acceptors (Lipinski definition) is 3. The van der Waals surface area contributed by atoms with Gasteiger partial charge in [-0.1, -0.05) is 24.8 Å². The molecule has 0 aliphatic rings. The zero-order valence-electron chi connectivity index (χ0n) is 12.0. The maximum Gasteiger partial charge on any atom is 0.522 e. The van der Waals surface area contributed by atoms with Crippen LogP contribution < -0.4 is 0 Å². The Morgan fingerprint density at radius 3 is 2.18 bits per heavy atom. The van der Waals surface area contributed by atoms with E-state index in [4.69, 9.17) is 10.2 Å². The summed E-state index contributed by atoms with van der Waals surface area (Å²) in [6, 6.07) is 6.55. The molecule has 22 heavy (non-hydrogen) atoms. The molecule has 0 atom stereocenters. The van der Waals surface area contributed by atoms with Crippen LogP contribution in [-0.2, 0) is 4.74 Å². The first-order chi connectivity index (χ1) is 10.3. The van der Waals surface area contributed by atoms with E-state index in [1.54, 1.807) is 30.3 Å². The smallest absolute Gasteiger partial charge is 0.478 e. The summed E-state index contributed by atoms with van der Waals surface area (Å²) in [7, 11) is 0. The highest BCUT2D eigenvalue weighted by Gasteiger charge is 2.28. The quantitative estimate of drug-likeness (QED) is 0.752. The van der Waals surface area contributed by atoms with Gasteiger partial charge in [-0.3, -0.25) is 4.74 Å². The van der Waals surface area contributed by atoms with Gasteiger partial charge in [-0.25, -0.2) is 4.79 Å². The van der Waals surface area contributed by atoms with Crippen LogP contribution in [0.3, 0.4) is 0 Å². The highest BCUT2D eigenvalue weighted by atomic mass is 19.4. The van der Waals surface area contributed by atoms with Crippen molar-refractivity contribution < 1.29 is 32.9 Å². The van der Waals surface area contributed by atoms with Gasteiger partial charge in [0.25, 0.3) is 0 Å². The summed E-state index contributed by atoms with van der Waals surface area (Å²) in [5, 5.41) is 16.8. The lowest BCUT2D eigenvalue weighted by molar-refractivity contribution is -0.324. The average molecular weight is 320 g/mol. The van der Waals surface area contributed by atoms with E-state index in [-0.39, 0.29) is 13.2 Å². The van der Waals surface area contributed by atoms with Crippen molar-refractivity contribution in [2.24, 2.45) is 0 Å². The predicted octanol–water partition coefficient (Wildman–Crippen LogP) is 3.71. The summed E-state index contributed by atoms with van der Waals surface area (Å²) in [4.78, 5) is 10.4. The van der Waals surface area contributed by atoms with Gasteiger partial charge >= 0.3 is 12.3 Å². The number of carboxylic acid groups (broad SMARTS) is 1. The molecule has 0 aliphatic heterocycles. The molecular formula is C15H19F3O4. The molecule has 0 saturated heterocycles. The molecule has 0 spiro atoms. The Balaban J connectivity index is 0.000000401. The van der Waals surface area contributed by atoms with E-state index in [1.807, 2.05) is 0 Å². The Bertz CT molecular complexity index is 441. The Morgan fingerprint density at radius 2 is 1.77 bits per heavy atom. The maximum absolute atomic E-state index is 11.3. The molecule has 0 unspecified atom stereocenters. The second-order valence-electron chi connectivity index (χ2n) is 4.21. The van der Waals surface area contributed by atoms with E-state index >= 15 is 0 Å². The van der Waals surface area contributed by atoms with Gasteiger partial charge in [0.1, 0.15) is 0 Å². The van der Waals surface area contributed by atoms with E-state index in [9.17, 15) is 18.0 Å². The zero-order chi connectivity index (χ0) is 17.0. The van der Waals surface area contributed by atoms with Gasteiger partial charge in [0.05, 0.1) is 12.2 Å². The first kappa shape index (κ1) is 20.1. The minimum Gasteiger partial charge on any atom is -0.478 e. The molecule has 124 valence electrons. The molecule has 4 nitrogen and oxygen atoms in total. The number of ether oxygens (including phenoxy) is 1. The van der Waals surface area contributed by atoms with E-state index < -0.39 is 12.3 Å². The minimum absolute atomic E-state index is 0.0199. The fourth-order valence-corrected chi connectivity index (χ4v) is 1.34. The van der Waals surface area contributed by atoms with E-state index in [1.165, 1.54) is 0 Å². The zero-order valence-corrected chi connectivity index (χ0v) is 12.0. The van der Waals surface area contributed by atoms with Gasteiger partial charge in [0.15, 0.2) is 0 Å². The van der Waals surface area contributed by atoms with Crippen LogP contribution in [0.5, 0.6) is 0 Å². The molecule has 0 amide bonds. The molecule has 0 fully saturated rings. The van der Waals surface area contributed by atoms with Crippen LogP contribution in [0.1, 0.15) is 35.2 Å². The number of hydrogen-bond donors (Lipinski definition) is 2. The van der Waals surface area contributed by atoms with Crippen molar-refractivity contribution in [3.05, 3.63) is 42.0 Å². The maximum atomic E-state index is 11.3. The van der Waals surface area contributed by atoms with Gasteiger partial charge in [0, 0.05) is 6.61 Å². The van der Waals surface area contributed by atoms with Crippen LogP contribution in [-0.4, -0.2) is 35.8 Å². The molecule has 0 aromatic heterocycles. The number of unbranched alkanes of at least 4 members (excludes halogenated alkanes) is 2. The lowest BCUT2D eigenvalue weighted by Crippen LogP contribution is -2.14. The SMILES string of the molecule is C=Cc1ccc(C(=O)O)cc1.OCCCCCOC(F)(F)F. The van der Waals surface area contributed by atoms with Crippen LogP contribution in [0.15, 0.2) is 30.8 Å². The Hall–Kier alpha value is -1.86.